The normalized spacial score (nSPS) is 11.4. The van der Waals surface area contributed by atoms with Crippen LogP contribution in [0.15, 0.2) is 34.6 Å². The molecule has 0 fully saturated rings. The number of rotatable bonds is 5. The molecule has 5 nitrogen and oxygen atoms in total. The van der Waals surface area contributed by atoms with E-state index in [-0.39, 0.29) is 0 Å². The molecule has 3 N–H and O–H groups in total. The van der Waals surface area contributed by atoms with E-state index in [4.69, 9.17) is 10.5 Å². The molecule has 0 atom stereocenters. The third kappa shape index (κ3) is 4.24. The molecule has 1 aromatic carbocycles. The van der Waals surface area contributed by atoms with E-state index in [9.17, 15) is 0 Å². The maximum Gasteiger partial charge on any atom is 0.193 e. The molecule has 6 heteroatoms. The topological polar surface area (TPSA) is 72.5 Å². The van der Waals surface area contributed by atoms with Crippen LogP contribution in [0.4, 0.5) is 5.69 Å². The van der Waals surface area contributed by atoms with E-state index in [0.717, 1.165) is 28.6 Å². The minimum atomic E-state index is 0.405. The Hall–Kier alpha value is -2.08. The number of hydrogen-bond donors (Lipinski definition) is 2. The molecule has 0 spiro atoms. The van der Waals surface area contributed by atoms with Crippen molar-refractivity contribution in [1.82, 2.24) is 4.98 Å². The second-order valence-corrected chi connectivity index (χ2v) is 5.29. The van der Waals surface area contributed by atoms with Gasteiger partial charge < -0.3 is 15.8 Å². The molecule has 0 radical (unpaired) electrons. The van der Waals surface area contributed by atoms with Crippen LogP contribution in [0.5, 0.6) is 5.75 Å². The van der Waals surface area contributed by atoms with E-state index in [1.807, 2.05) is 31.2 Å². The summed E-state index contributed by atoms with van der Waals surface area (Å²) in [6.45, 7) is 2.62. The molecule has 0 saturated carbocycles. The standard InChI is InChI=1S/C14H18N4OS/c1-10-17-12(9-20-10)7-8-16-14(15)18-11-3-5-13(19-2)6-4-11/h3-6,9H,7-8H2,1-2H3,(H3,15,16,18). The van der Waals surface area contributed by atoms with Crippen LogP contribution in [0.3, 0.4) is 0 Å². The number of nitrogens with one attached hydrogen (secondary N) is 1. The molecule has 0 saturated heterocycles. The Bertz CT molecular complexity index is 577. The Morgan fingerprint density at radius 1 is 1.40 bits per heavy atom. The lowest BCUT2D eigenvalue weighted by atomic mass is 10.3. The lowest BCUT2D eigenvalue weighted by molar-refractivity contribution is 0.415. The largest absolute Gasteiger partial charge is 0.497 e. The number of aliphatic imine (C=N–C) groups is 1. The minimum Gasteiger partial charge on any atom is -0.497 e. The third-order valence-corrected chi connectivity index (χ3v) is 3.50. The first-order chi connectivity index (χ1) is 9.67. The van der Waals surface area contributed by atoms with Crippen molar-refractivity contribution in [3.8, 4) is 5.75 Å². The summed E-state index contributed by atoms with van der Waals surface area (Å²) >= 11 is 1.65. The number of anilines is 1. The van der Waals surface area contributed by atoms with Gasteiger partial charge in [0.2, 0.25) is 0 Å². The first kappa shape index (κ1) is 14.3. The monoisotopic (exact) mass is 290 g/mol. The van der Waals surface area contributed by atoms with Crippen LogP contribution in [-0.2, 0) is 6.42 Å². The fourth-order valence-electron chi connectivity index (χ4n) is 1.68. The number of nitrogens with zero attached hydrogens (tertiary/aromatic N) is 2. The van der Waals surface area contributed by atoms with Gasteiger partial charge in [-0.25, -0.2) is 4.98 Å². The number of nitrogens with two attached hydrogens (primary N) is 1. The molecule has 2 rings (SSSR count). The quantitative estimate of drug-likeness (QED) is 0.655. The Labute approximate surface area is 122 Å². The van der Waals surface area contributed by atoms with Gasteiger partial charge in [0.25, 0.3) is 0 Å². The third-order valence-electron chi connectivity index (χ3n) is 2.68. The van der Waals surface area contributed by atoms with Crippen LogP contribution >= 0.6 is 11.3 Å². The summed E-state index contributed by atoms with van der Waals surface area (Å²) in [5.74, 6) is 1.21. The lowest BCUT2D eigenvalue weighted by Crippen LogP contribution is -2.23. The average Bonchev–Trinajstić information content (AvgIpc) is 2.85. The highest BCUT2D eigenvalue weighted by atomic mass is 32.1. The van der Waals surface area contributed by atoms with Gasteiger partial charge in [-0.05, 0) is 31.2 Å². The molecule has 1 heterocycles. The van der Waals surface area contributed by atoms with Gasteiger partial charge >= 0.3 is 0 Å². The predicted molar refractivity (Wildman–Crippen MR) is 83.7 cm³/mol. The smallest absolute Gasteiger partial charge is 0.193 e. The number of aromatic nitrogens is 1. The first-order valence-electron chi connectivity index (χ1n) is 6.29. The zero-order valence-corrected chi connectivity index (χ0v) is 12.4. The van der Waals surface area contributed by atoms with Crippen molar-refractivity contribution < 1.29 is 4.74 Å². The second-order valence-electron chi connectivity index (χ2n) is 4.23. The van der Waals surface area contributed by atoms with Crippen LogP contribution < -0.4 is 15.8 Å². The Morgan fingerprint density at radius 3 is 2.75 bits per heavy atom. The van der Waals surface area contributed by atoms with Gasteiger partial charge in [-0.2, -0.15) is 0 Å². The maximum absolute atomic E-state index is 5.84. The molecule has 0 amide bonds. The van der Waals surface area contributed by atoms with Crippen molar-refractivity contribution in [2.24, 2.45) is 10.7 Å². The molecule has 1 aromatic heterocycles. The zero-order chi connectivity index (χ0) is 14.4. The lowest BCUT2D eigenvalue weighted by Gasteiger charge is -2.06. The van der Waals surface area contributed by atoms with Gasteiger partial charge in [0.05, 0.1) is 17.8 Å². The van der Waals surface area contributed by atoms with Crippen LogP contribution in [0.1, 0.15) is 10.7 Å². The van der Waals surface area contributed by atoms with Gasteiger partial charge in [-0.1, -0.05) is 0 Å². The predicted octanol–water partition coefficient (Wildman–Crippen LogP) is 2.43. The highest BCUT2D eigenvalue weighted by molar-refractivity contribution is 7.09. The van der Waals surface area contributed by atoms with Crippen LogP contribution in [0.2, 0.25) is 0 Å². The number of hydrogen-bond acceptors (Lipinski definition) is 4. The second kappa shape index (κ2) is 6.91. The summed E-state index contributed by atoms with van der Waals surface area (Å²) in [4.78, 5) is 8.67. The summed E-state index contributed by atoms with van der Waals surface area (Å²) < 4.78 is 5.09. The maximum atomic E-state index is 5.84. The number of ether oxygens (including phenoxy) is 1. The fourth-order valence-corrected chi connectivity index (χ4v) is 2.32. The highest BCUT2D eigenvalue weighted by Crippen LogP contribution is 2.14. The van der Waals surface area contributed by atoms with Crippen molar-refractivity contribution in [1.29, 1.82) is 0 Å². The van der Waals surface area contributed by atoms with Gasteiger partial charge in [-0.3, -0.25) is 4.99 Å². The number of guanidine groups is 1. The molecule has 0 aliphatic carbocycles. The molecule has 106 valence electrons. The van der Waals surface area contributed by atoms with Gasteiger partial charge in [-0.15, -0.1) is 11.3 Å². The molecule has 0 aliphatic heterocycles. The van der Waals surface area contributed by atoms with Crippen molar-refractivity contribution in [2.75, 3.05) is 19.0 Å². The SMILES string of the molecule is COc1ccc(NC(N)=NCCc2csc(C)n2)cc1. The number of thiazole rings is 1. The summed E-state index contributed by atoms with van der Waals surface area (Å²) in [7, 11) is 1.64. The highest BCUT2D eigenvalue weighted by Gasteiger charge is 1.99. The van der Waals surface area contributed by atoms with Crippen LogP contribution in [-0.4, -0.2) is 24.6 Å². The summed E-state index contributed by atoms with van der Waals surface area (Å²) in [5.41, 5.74) is 7.78. The van der Waals surface area contributed by atoms with Crippen molar-refractivity contribution in [3.05, 3.63) is 40.3 Å². The van der Waals surface area contributed by atoms with Gasteiger partial charge in [0, 0.05) is 24.0 Å². The van der Waals surface area contributed by atoms with E-state index < -0.39 is 0 Å². The molecular formula is C14H18N4OS. The summed E-state index contributed by atoms with van der Waals surface area (Å²) in [5, 5.41) is 6.17. The molecule has 2 aromatic rings. The van der Waals surface area contributed by atoms with E-state index in [1.54, 1.807) is 18.4 Å². The summed E-state index contributed by atoms with van der Waals surface area (Å²) in [6.07, 6.45) is 0.801. The minimum absolute atomic E-state index is 0.405. The van der Waals surface area contributed by atoms with E-state index in [1.165, 1.54) is 0 Å². The van der Waals surface area contributed by atoms with Crippen LogP contribution in [0.25, 0.3) is 0 Å². The molecule has 0 aliphatic rings. The Kier molecular flexibility index (Phi) is 4.95. The molecule has 0 unspecified atom stereocenters. The van der Waals surface area contributed by atoms with Crippen molar-refractivity contribution >= 4 is 23.0 Å². The zero-order valence-electron chi connectivity index (χ0n) is 11.6. The Morgan fingerprint density at radius 2 is 2.15 bits per heavy atom. The Balaban J connectivity index is 1.83. The van der Waals surface area contributed by atoms with Gasteiger partial charge in [0.15, 0.2) is 5.96 Å². The van der Waals surface area contributed by atoms with Crippen molar-refractivity contribution in [3.63, 3.8) is 0 Å². The summed E-state index contributed by atoms with van der Waals surface area (Å²) in [6, 6.07) is 7.53. The van der Waals surface area contributed by atoms with Crippen LogP contribution in [0, 0.1) is 6.92 Å². The van der Waals surface area contributed by atoms with E-state index in [2.05, 4.69) is 20.7 Å². The number of methoxy groups -OCH3 is 1. The molecule has 20 heavy (non-hydrogen) atoms. The van der Waals surface area contributed by atoms with E-state index in [0.29, 0.717) is 12.5 Å². The molecular weight excluding hydrogens is 272 g/mol. The first-order valence-corrected chi connectivity index (χ1v) is 7.17. The fraction of sp³-hybridized carbons (Fsp3) is 0.286. The average molecular weight is 290 g/mol. The number of aryl methyl sites for hydroxylation is 1. The van der Waals surface area contributed by atoms with E-state index >= 15 is 0 Å². The van der Waals surface area contributed by atoms with Gasteiger partial charge in [0.1, 0.15) is 5.75 Å². The number of benzene rings is 1. The van der Waals surface area contributed by atoms with Crippen molar-refractivity contribution in [2.45, 2.75) is 13.3 Å². The molecule has 0 bridgehead atoms.